The number of methoxy groups -OCH3 is 5. The molecule has 5 saturated carbocycles. The monoisotopic (exact) mass is 627 g/mol. The van der Waals surface area contributed by atoms with E-state index in [0.717, 1.165) is 25.9 Å². The molecule has 1 aromatic carbocycles. The van der Waals surface area contributed by atoms with Gasteiger partial charge in [0.25, 0.3) is 0 Å². The van der Waals surface area contributed by atoms with Crippen LogP contribution in [0.5, 0.6) is 5.75 Å². The number of fused-ring (bicyclic) bond motifs is 2. The average molecular weight is 628 g/mol. The Bertz CT molecular complexity index is 1340. The van der Waals surface area contributed by atoms with Crippen LogP contribution in [-0.4, -0.2) is 113 Å². The molecular formula is C35H49NO9. The van der Waals surface area contributed by atoms with Gasteiger partial charge in [-0.15, -0.1) is 0 Å². The van der Waals surface area contributed by atoms with Gasteiger partial charge in [-0.2, -0.15) is 0 Å². The largest absolute Gasteiger partial charge is 0.497 e. The molecule has 1 aromatic rings. The van der Waals surface area contributed by atoms with Crippen molar-refractivity contribution in [2.75, 3.05) is 55.2 Å². The molecule has 7 bridgehead atoms. The first-order valence-corrected chi connectivity index (χ1v) is 16.5. The van der Waals surface area contributed by atoms with Gasteiger partial charge in [0, 0.05) is 88.5 Å². The molecule has 1 N–H and O–H groups in total. The number of carbonyl (C=O) groups is 2. The van der Waals surface area contributed by atoms with Gasteiger partial charge in [0.15, 0.2) is 5.78 Å². The predicted molar refractivity (Wildman–Crippen MR) is 163 cm³/mol. The third-order valence-electron chi connectivity index (χ3n) is 13.5. The van der Waals surface area contributed by atoms with Gasteiger partial charge >= 0.3 is 5.97 Å². The van der Waals surface area contributed by atoms with Gasteiger partial charge in [0.05, 0.1) is 37.9 Å². The molecule has 1 heterocycles. The van der Waals surface area contributed by atoms with Crippen LogP contribution in [0, 0.1) is 40.4 Å². The number of likely N-dealkylation sites (tertiary alicyclic amines) is 1. The number of hydrogen-bond donors (Lipinski definition) is 1. The van der Waals surface area contributed by atoms with Gasteiger partial charge in [-0.1, -0.05) is 6.92 Å². The number of benzene rings is 1. The maximum Gasteiger partial charge on any atom is 0.303 e. The summed E-state index contributed by atoms with van der Waals surface area (Å²) in [6, 6.07) is 7.02. The van der Waals surface area contributed by atoms with Crippen molar-refractivity contribution >= 4 is 11.8 Å². The normalized spacial score (nSPS) is 47.4. The molecule has 248 valence electrons. The first-order chi connectivity index (χ1) is 21.6. The van der Waals surface area contributed by atoms with Crippen molar-refractivity contribution in [3.05, 3.63) is 29.8 Å². The topological polar surface area (TPSA) is 113 Å². The lowest BCUT2D eigenvalue weighted by atomic mass is 9.42. The van der Waals surface area contributed by atoms with Crippen molar-refractivity contribution in [1.29, 1.82) is 0 Å². The first kappa shape index (κ1) is 31.5. The zero-order chi connectivity index (χ0) is 32.1. The predicted octanol–water partition coefficient (Wildman–Crippen LogP) is 2.99. The van der Waals surface area contributed by atoms with E-state index in [4.69, 9.17) is 28.4 Å². The molecule has 45 heavy (non-hydrogen) atoms. The average Bonchev–Trinajstić information content (AvgIpc) is 3.43. The minimum atomic E-state index is -1.46. The van der Waals surface area contributed by atoms with Gasteiger partial charge in [-0.05, 0) is 56.0 Å². The van der Waals surface area contributed by atoms with E-state index in [1.165, 1.54) is 6.92 Å². The van der Waals surface area contributed by atoms with E-state index in [2.05, 4.69) is 11.8 Å². The Morgan fingerprint density at radius 2 is 1.69 bits per heavy atom. The van der Waals surface area contributed by atoms with Crippen LogP contribution < -0.4 is 4.74 Å². The maximum atomic E-state index is 14.8. The van der Waals surface area contributed by atoms with Crippen molar-refractivity contribution in [2.24, 2.45) is 40.4 Å². The molecule has 7 rings (SSSR count). The number of rotatable bonds is 10. The van der Waals surface area contributed by atoms with E-state index in [0.29, 0.717) is 30.8 Å². The Balaban J connectivity index is 1.52. The summed E-state index contributed by atoms with van der Waals surface area (Å²) in [4.78, 5) is 30.7. The van der Waals surface area contributed by atoms with Crippen molar-refractivity contribution in [3.8, 4) is 5.75 Å². The number of hydrogen-bond acceptors (Lipinski definition) is 10. The molecule has 0 amide bonds. The van der Waals surface area contributed by atoms with Crippen molar-refractivity contribution < 1.29 is 43.1 Å². The number of esters is 1. The molecule has 0 aromatic heterocycles. The van der Waals surface area contributed by atoms with Crippen LogP contribution in [-0.2, 0) is 28.5 Å². The van der Waals surface area contributed by atoms with Gasteiger partial charge in [-0.3, -0.25) is 14.5 Å². The second-order valence-electron chi connectivity index (χ2n) is 14.6. The van der Waals surface area contributed by atoms with Gasteiger partial charge in [0.2, 0.25) is 0 Å². The second kappa shape index (κ2) is 10.7. The Labute approximate surface area is 266 Å². The van der Waals surface area contributed by atoms with Gasteiger partial charge in [0.1, 0.15) is 17.0 Å². The molecular weight excluding hydrogens is 578 g/mol. The lowest BCUT2D eigenvalue weighted by Crippen LogP contribution is -2.77. The molecule has 6 fully saturated rings. The number of Topliss-reactive ketones (excluding diaryl/α,β-unsaturated/α-hetero) is 1. The van der Waals surface area contributed by atoms with Crippen LogP contribution in [0.3, 0.4) is 0 Å². The minimum Gasteiger partial charge on any atom is -0.497 e. The molecule has 5 unspecified atom stereocenters. The van der Waals surface area contributed by atoms with Gasteiger partial charge < -0.3 is 33.5 Å². The Morgan fingerprint density at radius 1 is 0.978 bits per heavy atom. The highest BCUT2D eigenvalue weighted by atomic mass is 16.6. The Hall–Kier alpha value is -2.08. The number of piperidine rings is 1. The molecule has 1 aliphatic heterocycles. The number of nitrogens with zero attached hydrogens (tertiary/aromatic N) is 1. The van der Waals surface area contributed by atoms with E-state index in [9.17, 15) is 14.7 Å². The molecule has 5 aliphatic carbocycles. The fraction of sp³-hybridized carbons (Fsp3) is 0.771. The highest BCUT2D eigenvalue weighted by Crippen LogP contribution is 2.81. The molecule has 10 heteroatoms. The molecule has 1 saturated heterocycles. The van der Waals surface area contributed by atoms with Crippen LogP contribution in [0.15, 0.2) is 24.3 Å². The summed E-state index contributed by atoms with van der Waals surface area (Å²) < 4.78 is 37.3. The SMILES string of the molecule is CCN1C[C@]2(COC)CC[C@H](OC)[C@]34C5C[C@]6(O)[C@@H](OC)C[C@](OC(C)=O)(C(C13)[C@H](OC)C24)C5[C@H]6C(=O)c1ccc(OC)cc1. The van der Waals surface area contributed by atoms with E-state index in [1.807, 2.05) is 0 Å². The molecule has 1 spiro atoms. The quantitative estimate of drug-likeness (QED) is 0.307. The fourth-order valence-corrected chi connectivity index (χ4v) is 12.7. The second-order valence-corrected chi connectivity index (χ2v) is 14.6. The maximum absolute atomic E-state index is 14.8. The van der Waals surface area contributed by atoms with Crippen LogP contribution in [0.25, 0.3) is 0 Å². The smallest absolute Gasteiger partial charge is 0.303 e. The van der Waals surface area contributed by atoms with Crippen LogP contribution >= 0.6 is 0 Å². The summed E-state index contributed by atoms with van der Waals surface area (Å²) in [7, 11) is 8.52. The summed E-state index contributed by atoms with van der Waals surface area (Å²) in [5.74, 6) is -1.66. The fourth-order valence-electron chi connectivity index (χ4n) is 12.7. The lowest BCUT2D eigenvalue weighted by Gasteiger charge is -2.69. The number of ether oxygens (including phenoxy) is 6. The Morgan fingerprint density at radius 3 is 2.27 bits per heavy atom. The summed E-state index contributed by atoms with van der Waals surface area (Å²) in [6.07, 6.45) is 1.28. The summed E-state index contributed by atoms with van der Waals surface area (Å²) in [5.41, 5.74) is -2.76. The third-order valence-corrected chi connectivity index (χ3v) is 13.5. The summed E-state index contributed by atoms with van der Waals surface area (Å²) in [6.45, 7) is 5.86. The lowest BCUT2D eigenvalue weighted by molar-refractivity contribution is -0.277. The van der Waals surface area contributed by atoms with E-state index >= 15 is 0 Å². The van der Waals surface area contributed by atoms with Crippen molar-refractivity contribution in [1.82, 2.24) is 4.90 Å². The number of aliphatic hydroxyl groups is 1. The van der Waals surface area contributed by atoms with Crippen LogP contribution in [0.2, 0.25) is 0 Å². The molecule has 13 atom stereocenters. The summed E-state index contributed by atoms with van der Waals surface area (Å²) >= 11 is 0. The van der Waals surface area contributed by atoms with Crippen molar-refractivity contribution in [3.63, 3.8) is 0 Å². The first-order valence-electron chi connectivity index (χ1n) is 16.5. The number of carbonyl (C=O) groups excluding carboxylic acids is 2. The van der Waals surface area contributed by atoms with E-state index < -0.39 is 40.5 Å². The van der Waals surface area contributed by atoms with E-state index in [-0.39, 0.29) is 47.2 Å². The highest BCUT2D eigenvalue weighted by molar-refractivity contribution is 5.99. The third kappa shape index (κ3) is 3.72. The Kier molecular flexibility index (Phi) is 7.51. The highest BCUT2D eigenvalue weighted by Gasteiger charge is 2.89. The zero-order valence-electron chi connectivity index (χ0n) is 27.6. The van der Waals surface area contributed by atoms with E-state index in [1.54, 1.807) is 59.8 Å². The molecule has 0 radical (unpaired) electrons. The number of ketones is 1. The van der Waals surface area contributed by atoms with Crippen molar-refractivity contribution in [2.45, 2.75) is 75.1 Å². The van der Waals surface area contributed by atoms with Crippen LogP contribution in [0.1, 0.15) is 49.9 Å². The zero-order valence-corrected chi connectivity index (χ0v) is 27.6. The summed E-state index contributed by atoms with van der Waals surface area (Å²) in [5, 5.41) is 12.9. The van der Waals surface area contributed by atoms with Crippen LogP contribution in [0.4, 0.5) is 0 Å². The molecule has 6 aliphatic rings. The minimum absolute atomic E-state index is 0.0227. The standard InChI is InChI=1S/C35H49NO9/c1-8-36-17-32(18-40-3)14-13-23(42-5)35-22-15-33(39)24(43-6)16-34(45-19(2)37,27(31(35)36)29(44-7)30(32)35)25(22)26(33)28(38)20-9-11-21(41-4)12-10-20/h9-12,22-27,29-31,39H,8,13-18H2,1-7H3/t22?,23-,24-,25?,26-,27?,29-,30?,31?,32-,33-,34+,35-/m0/s1. The van der Waals surface area contributed by atoms with Gasteiger partial charge in [-0.25, -0.2) is 0 Å². The molecule has 10 nitrogen and oxygen atoms in total.